The number of carboxylic acids is 1. The summed E-state index contributed by atoms with van der Waals surface area (Å²) in [6.07, 6.45) is 0.215. The Morgan fingerprint density at radius 2 is 1.39 bits per heavy atom. The van der Waals surface area contributed by atoms with Gasteiger partial charge >= 0.3 is 5.97 Å². The molecule has 2 aromatic rings. The van der Waals surface area contributed by atoms with Crippen LogP contribution in [0.3, 0.4) is 0 Å². The van der Waals surface area contributed by atoms with Crippen molar-refractivity contribution in [3.63, 3.8) is 0 Å². The molecule has 0 aromatic heterocycles. The third-order valence-corrected chi connectivity index (χ3v) is 4.92. The predicted molar refractivity (Wildman–Crippen MR) is 91.6 cm³/mol. The molecular weight excluding hydrogens is 286 g/mol. The third-order valence-electron chi connectivity index (χ3n) is 4.92. The Balaban J connectivity index is 1.98. The third kappa shape index (κ3) is 3.62. The molecule has 1 saturated heterocycles. The molecule has 0 radical (unpaired) electrons. The van der Waals surface area contributed by atoms with E-state index in [0.29, 0.717) is 0 Å². The van der Waals surface area contributed by atoms with Gasteiger partial charge in [-0.25, -0.2) is 0 Å². The van der Waals surface area contributed by atoms with Gasteiger partial charge in [0.1, 0.15) is 0 Å². The van der Waals surface area contributed by atoms with Gasteiger partial charge in [-0.15, -0.1) is 0 Å². The largest absolute Gasteiger partial charge is 0.481 e. The molecule has 3 rings (SSSR count). The summed E-state index contributed by atoms with van der Waals surface area (Å²) in [5, 5.41) is 9.45. The van der Waals surface area contributed by atoms with E-state index in [4.69, 9.17) is 0 Å². The number of hydrogen-bond acceptors (Lipinski definition) is 2. The maximum absolute atomic E-state index is 11.5. The fourth-order valence-electron chi connectivity index (χ4n) is 3.89. The monoisotopic (exact) mass is 309 g/mol. The van der Waals surface area contributed by atoms with E-state index in [-0.39, 0.29) is 24.2 Å². The Kier molecular flexibility index (Phi) is 4.77. The fraction of sp³-hybridized carbons (Fsp3) is 0.350. The van der Waals surface area contributed by atoms with Crippen molar-refractivity contribution in [1.29, 1.82) is 0 Å². The van der Waals surface area contributed by atoms with E-state index in [0.717, 1.165) is 13.1 Å². The molecule has 2 aromatic carbocycles. The van der Waals surface area contributed by atoms with Crippen molar-refractivity contribution in [2.45, 2.75) is 18.3 Å². The summed E-state index contributed by atoms with van der Waals surface area (Å²) < 4.78 is 0. The maximum Gasteiger partial charge on any atom is 0.303 e. The molecule has 1 aliphatic heterocycles. The fourth-order valence-corrected chi connectivity index (χ4v) is 3.89. The first-order chi connectivity index (χ1) is 11.1. The average molecular weight is 309 g/mol. The lowest BCUT2D eigenvalue weighted by atomic mass is 9.70. The van der Waals surface area contributed by atoms with Crippen LogP contribution in [0.5, 0.6) is 0 Å². The van der Waals surface area contributed by atoms with E-state index in [1.54, 1.807) is 0 Å². The second-order valence-corrected chi connectivity index (χ2v) is 6.52. The number of carbonyl (C=O) groups is 1. The lowest BCUT2D eigenvalue weighted by molar-refractivity contribution is -0.138. The first-order valence-corrected chi connectivity index (χ1v) is 8.15. The Hall–Kier alpha value is -2.13. The lowest BCUT2D eigenvalue weighted by Gasteiger charge is -2.42. The quantitative estimate of drug-likeness (QED) is 0.938. The van der Waals surface area contributed by atoms with E-state index >= 15 is 0 Å². The zero-order valence-electron chi connectivity index (χ0n) is 13.4. The molecule has 0 bridgehead atoms. The minimum absolute atomic E-state index is 0.119. The molecule has 23 heavy (non-hydrogen) atoms. The highest BCUT2D eigenvalue weighted by atomic mass is 16.4. The molecule has 3 heteroatoms. The summed E-state index contributed by atoms with van der Waals surface area (Å²) in [5.74, 6) is -0.0950. The number of nitrogens with zero attached hydrogens (tertiary/aromatic N) is 1. The van der Waals surface area contributed by atoms with Crippen LogP contribution < -0.4 is 0 Å². The van der Waals surface area contributed by atoms with Crippen LogP contribution in [0.1, 0.15) is 29.4 Å². The maximum atomic E-state index is 11.5. The van der Waals surface area contributed by atoms with E-state index in [2.05, 4.69) is 36.2 Å². The number of carboxylic acid groups (broad SMARTS) is 1. The van der Waals surface area contributed by atoms with E-state index < -0.39 is 5.97 Å². The molecule has 0 spiro atoms. The normalized spacial score (nSPS) is 25.2. The standard InChI is InChI=1S/C20H23NO2/c1-21-13-18(15-8-4-2-5-9-15)17(12-20(22)23)19(14-21)16-10-6-3-7-11-16/h2-11,17-19H,12-14H2,1H3,(H,22,23)/t17?,18-,19+. The molecule has 1 aliphatic rings. The first kappa shape index (κ1) is 15.8. The molecule has 0 saturated carbocycles. The summed E-state index contributed by atoms with van der Waals surface area (Å²) in [6, 6.07) is 20.7. The summed E-state index contributed by atoms with van der Waals surface area (Å²) in [5.41, 5.74) is 2.48. The van der Waals surface area contributed by atoms with Gasteiger partial charge in [0.2, 0.25) is 0 Å². The number of aliphatic carboxylic acids is 1. The molecule has 3 atom stereocenters. The molecule has 0 aliphatic carbocycles. The van der Waals surface area contributed by atoms with Gasteiger partial charge in [-0.2, -0.15) is 0 Å². The average Bonchev–Trinajstić information content (AvgIpc) is 2.57. The van der Waals surface area contributed by atoms with Crippen LogP contribution in [-0.4, -0.2) is 36.1 Å². The van der Waals surface area contributed by atoms with Crippen LogP contribution in [-0.2, 0) is 4.79 Å². The van der Waals surface area contributed by atoms with Crippen molar-refractivity contribution >= 4 is 5.97 Å². The van der Waals surface area contributed by atoms with E-state index in [1.165, 1.54) is 11.1 Å². The minimum Gasteiger partial charge on any atom is -0.481 e. The first-order valence-electron chi connectivity index (χ1n) is 8.15. The van der Waals surface area contributed by atoms with Crippen LogP contribution in [0.15, 0.2) is 60.7 Å². The van der Waals surface area contributed by atoms with Gasteiger partial charge in [-0.1, -0.05) is 60.7 Å². The predicted octanol–water partition coefficient (Wildman–Crippen LogP) is 3.59. The van der Waals surface area contributed by atoms with Crippen molar-refractivity contribution in [1.82, 2.24) is 4.90 Å². The Bertz CT molecular complexity index is 592. The summed E-state index contributed by atoms with van der Waals surface area (Å²) in [4.78, 5) is 13.8. The van der Waals surface area contributed by atoms with Gasteiger partial charge < -0.3 is 10.0 Å². The number of benzene rings is 2. The van der Waals surface area contributed by atoms with E-state index in [9.17, 15) is 9.90 Å². The summed E-state index contributed by atoms with van der Waals surface area (Å²) in [6.45, 7) is 1.82. The minimum atomic E-state index is -0.707. The summed E-state index contributed by atoms with van der Waals surface area (Å²) >= 11 is 0. The molecule has 1 N–H and O–H groups in total. The number of likely N-dealkylation sites (N-methyl/N-ethyl adjacent to an activating group) is 1. The molecule has 1 heterocycles. The Morgan fingerprint density at radius 3 is 1.78 bits per heavy atom. The highest BCUT2D eigenvalue weighted by Crippen LogP contribution is 2.42. The van der Waals surface area contributed by atoms with Crippen LogP contribution in [0.4, 0.5) is 0 Å². The van der Waals surface area contributed by atoms with Gasteiger partial charge in [0.15, 0.2) is 0 Å². The number of likely N-dealkylation sites (tertiary alicyclic amines) is 1. The summed E-state index contributed by atoms with van der Waals surface area (Å²) in [7, 11) is 2.13. The lowest BCUT2D eigenvalue weighted by Crippen LogP contribution is -2.42. The molecular formula is C20H23NO2. The van der Waals surface area contributed by atoms with E-state index in [1.807, 2.05) is 36.4 Å². The van der Waals surface area contributed by atoms with Crippen LogP contribution in [0.25, 0.3) is 0 Å². The number of piperidine rings is 1. The van der Waals surface area contributed by atoms with Crippen molar-refractivity contribution in [3.05, 3.63) is 71.8 Å². The van der Waals surface area contributed by atoms with Gasteiger partial charge in [0.25, 0.3) is 0 Å². The zero-order valence-corrected chi connectivity index (χ0v) is 13.4. The molecule has 1 unspecified atom stereocenters. The highest BCUT2D eigenvalue weighted by molar-refractivity contribution is 5.67. The van der Waals surface area contributed by atoms with Gasteiger partial charge in [-0.3, -0.25) is 4.79 Å². The number of hydrogen-bond donors (Lipinski definition) is 1. The second-order valence-electron chi connectivity index (χ2n) is 6.52. The molecule has 120 valence electrons. The highest BCUT2D eigenvalue weighted by Gasteiger charge is 2.38. The Morgan fingerprint density at radius 1 is 0.957 bits per heavy atom. The topological polar surface area (TPSA) is 40.5 Å². The second kappa shape index (κ2) is 6.97. The van der Waals surface area contributed by atoms with Gasteiger partial charge in [0, 0.05) is 31.3 Å². The zero-order chi connectivity index (χ0) is 16.2. The Labute approximate surface area is 137 Å². The number of rotatable bonds is 4. The van der Waals surface area contributed by atoms with Crippen molar-refractivity contribution < 1.29 is 9.90 Å². The van der Waals surface area contributed by atoms with Gasteiger partial charge in [0.05, 0.1) is 0 Å². The van der Waals surface area contributed by atoms with Crippen LogP contribution in [0.2, 0.25) is 0 Å². The van der Waals surface area contributed by atoms with Gasteiger partial charge in [-0.05, 0) is 24.1 Å². The van der Waals surface area contributed by atoms with Crippen molar-refractivity contribution in [2.24, 2.45) is 5.92 Å². The van der Waals surface area contributed by atoms with Crippen LogP contribution in [0, 0.1) is 5.92 Å². The van der Waals surface area contributed by atoms with Crippen molar-refractivity contribution in [3.8, 4) is 0 Å². The van der Waals surface area contributed by atoms with Crippen LogP contribution >= 0.6 is 0 Å². The molecule has 0 amide bonds. The molecule has 3 nitrogen and oxygen atoms in total. The molecule has 1 fully saturated rings. The SMILES string of the molecule is CN1C[C@H](c2ccccc2)C(CC(=O)O)[C@H](c2ccccc2)C1. The van der Waals surface area contributed by atoms with Crippen molar-refractivity contribution in [2.75, 3.05) is 20.1 Å². The smallest absolute Gasteiger partial charge is 0.303 e.